The van der Waals surface area contributed by atoms with Crippen molar-refractivity contribution in [3.05, 3.63) is 0 Å². The molecular formula is C3H11N2P2+. The van der Waals surface area contributed by atoms with E-state index in [2.05, 4.69) is 4.52 Å². The quantitative estimate of drug-likeness (QED) is 0.550. The number of rotatable bonds is 1. The second-order valence-electron chi connectivity index (χ2n) is 1.77. The smallest absolute Gasteiger partial charge is 0.183 e. The zero-order valence-corrected chi connectivity index (χ0v) is 6.71. The molecule has 0 heterocycles. The van der Waals surface area contributed by atoms with Gasteiger partial charge in [-0.1, -0.05) is 4.52 Å². The fraction of sp³-hybridized carbons (Fsp3) is 1.00. The van der Waals surface area contributed by atoms with Gasteiger partial charge in [0.25, 0.3) is 0 Å². The van der Waals surface area contributed by atoms with Gasteiger partial charge in [0.05, 0.1) is 21.7 Å². The molecule has 0 rings (SSSR count). The predicted molar refractivity (Wildman–Crippen MR) is 38.2 cm³/mol. The average molecular weight is 137 g/mol. The molecule has 0 fully saturated rings. The third-order valence-corrected chi connectivity index (χ3v) is 2.88. The highest BCUT2D eigenvalue weighted by atomic mass is 31.2. The number of hydrogen-bond acceptors (Lipinski definition) is 2. The Bertz CT molecular complexity index is 73.5. The van der Waals surface area contributed by atoms with Crippen LogP contribution < -0.4 is 5.50 Å². The van der Waals surface area contributed by atoms with Crippen molar-refractivity contribution in [3.63, 3.8) is 0 Å². The van der Waals surface area contributed by atoms with Crippen LogP contribution in [0.15, 0.2) is 4.52 Å². The van der Waals surface area contributed by atoms with Crippen LogP contribution in [0.5, 0.6) is 0 Å². The van der Waals surface area contributed by atoms with Gasteiger partial charge < -0.3 is 0 Å². The first-order valence-electron chi connectivity index (χ1n) is 2.00. The molecule has 0 aliphatic heterocycles. The molecule has 0 atom stereocenters. The summed E-state index contributed by atoms with van der Waals surface area (Å²) in [4.78, 5) is 0. The van der Waals surface area contributed by atoms with Crippen LogP contribution >= 0.6 is 15.9 Å². The third-order valence-electron chi connectivity index (χ3n) is 0.320. The lowest BCUT2D eigenvalue weighted by molar-refractivity contribution is 1.69. The van der Waals surface area contributed by atoms with Crippen LogP contribution in [-0.4, -0.2) is 20.0 Å². The minimum atomic E-state index is -1.30. The fourth-order valence-electron chi connectivity index (χ4n) is 0.231. The first-order chi connectivity index (χ1) is 3.06. The summed E-state index contributed by atoms with van der Waals surface area (Å²) < 4.78 is 4.12. The summed E-state index contributed by atoms with van der Waals surface area (Å²) in [5.74, 6) is 0. The predicted octanol–water partition coefficient (Wildman–Crippen LogP) is 1.81. The molecule has 2 nitrogen and oxygen atoms in total. The van der Waals surface area contributed by atoms with Crippen molar-refractivity contribution in [1.82, 2.24) is 0 Å². The minimum absolute atomic E-state index is 1.06. The zero-order valence-electron chi connectivity index (χ0n) is 4.92. The van der Waals surface area contributed by atoms with E-state index in [9.17, 15) is 0 Å². The molecule has 0 amide bonds. The number of nitrogens with zero attached hydrogens (tertiary/aromatic N) is 1. The number of nitrogens with two attached hydrogens (primary N) is 1. The Morgan fingerprint density at radius 3 is 2.00 bits per heavy atom. The normalized spacial score (nSPS) is 13.1. The van der Waals surface area contributed by atoms with Crippen molar-refractivity contribution in [2.75, 3.05) is 20.0 Å². The van der Waals surface area contributed by atoms with Gasteiger partial charge in [0.1, 0.15) is 0 Å². The molecule has 7 heavy (non-hydrogen) atoms. The molecular weight excluding hydrogens is 126 g/mol. The van der Waals surface area contributed by atoms with Gasteiger partial charge in [0.2, 0.25) is 0 Å². The Kier molecular flexibility index (Phi) is 2.90. The second kappa shape index (κ2) is 2.71. The Hall–Kier alpha value is 0.490. The Morgan fingerprint density at radius 1 is 1.57 bits per heavy atom. The maximum atomic E-state index is 5.58. The molecule has 0 aromatic carbocycles. The maximum Gasteiger partial charge on any atom is 0.195 e. The summed E-state index contributed by atoms with van der Waals surface area (Å²) in [7, 11) is -0.245. The van der Waals surface area contributed by atoms with E-state index in [0.717, 1.165) is 8.37 Å². The summed E-state index contributed by atoms with van der Waals surface area (Å²) in [6.45, 7) is 5.96. The first-order valence-corrected chi connectivity index (χ1v) is 6.00. The van der Waals surface area contributed by atoms with Gasteiger partial charge >= 0.3 is 0 Å². The maximum absolute atomic E-state index is 5.58. The highest BCUT2D eigenvalue weighted by Crippen LogP contribution is 2.45. The highest BCUT2D eigenvalue weighted by Gasteiger charge is 2.13. The summed E-state index contributed by atoms with van der Waals surface area (Å²) in [6.07, 6.45) is 0. The van der Waals surface area contributed by atoms with Crippen molar-refractivity contribution < 1.29 is 0 Å². The topological polar surface area (TPSA) is 38.4 Å². The van der Waals surface area contributed by atoms with Crippen molar-refractivity contribution in [2.45, 2.75) is 0 Å². The Morgan fingerprint density at radius 2 is 2.00 bits per heavy atom. The lowest BCUT2D eigenvalue weighted by Crippen LogP contribution is -1.93. The van der Waals surface area contributed by atoms with Gasteiger partial charge in [-0.05, 0) is 6.66 Å². The van der Waals surface area contributed by atoms with Gasteiger partial charge in [-0.2, -0.15) is 5.50 Å². The van der Waals surface area contributed by atoms with Crippen molar-refractivity contribution in [1.29, 1.82) is 0 Å². The van der Waals surface area contributed by atoms with Crippen molar-refractivity contribution >= 4 is 15.9 Å². The van der Waals surface area contributed by atoms with Crippen molar-refractivity contribution in [2.24, 2.45) is 10.0 Å². The van der Waals surface area contributed by atoms with Crippen LogP contribution in [0.4, 0.5) is 0 Å². The van der Waals surface area contributed by atoms with Crippen molar-refractivity contribution in [3.8, 4) is 0 Å². The standard InChI is InChI=1S/C3H11N2P2/c1-6-5-7(2,3)4/h4H2,1-3H3/q+1. The molecule has 0 aromatic heterocycles. The van der Waals surface area contributed by atoms with Gasteiger partial charge in [-0.25, -0.2) is 0 Å². The van der Waals surface area contributed by atoms with Crippen LogP contribution in [0.3, 0.4) is 0 Å². The molecule has 0 aromatic rings. The van der Waals surface area contributed by atoms with E-state index in [-0.39, 0.29) is 0 Å². The van der Waals surface area contributed by atoms with Crippen LogP contribution in [0.1, 0.15) is 0 Å². The monoisotopic (exact) mass is 137 g/mol. The molecule has 0 bridgehead atoms. The third kappa shape index (κ3) is 6.49. The molecule has 0 aliphatic rings. The van der Waals surface area contributed by atoms with Crippen LogP contribution in [-0.2, 0) is 0 Å². The van der Waals surface area contributed by atoms with Gasteiger partial charge in [0, 0.05) is 0 Å². The van der Waals surface area contributed by atoms with Gasteiger partial charge in [-0.15, -0.1) is 0 Å². The Labute approximate surface area is 46.8 Å². The molecule has 0 saturated carbocycles. The zero-order chi connectivity index (χ0) is 5.91. The fourth-order valence-corrected chi connectivity index (χ4v) is 2.07. The highest BCUT2D eigenvalue weighted by molar-refractivity contribution is 7.73. The van der Waals surface area contributed by atoms with E-state index in [0.29, 0.717) is 0 Å². The largest absolute Gasteiger partial charge is 0.195 e. The summed E-state index contributed by atoms with van der Waals surface area (Å²) in [5.41, 5.74) is 5.58. The average Bonchev–Trinajstić information content (AvgIpc) is 1.30. The lowest BCUT2D eigenvalue weighted by Gasteiger charge is -1.98. The van der Waals surface area contributed by atoms with E-state index >= 15 is 0 Å². The minimum Gasteiger partial charge on any atom is -0.183 e. The summed E-state index contributed by atoms with van der Waals surface area (Å²) in [6, 6.07) is 0. The van der Waals surface area contributed by atoms with E-state index in [4.69, 9.17) is 5.50 Å². The molecule has 0 spiro atoms. The second-order valence-corrected chi connectivity index (χ2v) is 5.84. The molecule has 0 radical (unpaired) electrons. The van der Waals surface area contributed by atoms with Crippen LogP contribution in [0.25, 0.3) is 0 Å². The molecule has 42 valence electrons. The summed E-state index contributed by atoms with van der Waals surface area (Å²) in [5, 5.41) is 0. The molecule has 0 saturated heterocycles. The first kappa shape index (κ1) is 7.49. The van der Waals surface area contributed by atoms with E-state index in [1.54, 1.807) is 0 Å². The number of hydrogen-bond donors (Lipinski definition) is 1. The molecule has 4 heteroatoms. The van der Waals surface area contributed by atoms with E-state index in [1.807, 2.05) is 20.0 Å². The lowest BCUT2D eigenvalue weighted by atomic mass is 11.9. The summed E-state index contributed by atoms with van der Waals surface area (Å²) >= 11 is 0. The molecule has 2 N–H and O–H groups in total. The van der Waals surface area contributed by atoms with Gasteiger partial charge in [-0.3, -0.25) is 0 Å². The van der Waals surface area contributed by atoms with Crippen LogP contribution in [0, 0.1) is 0 Å². The Balaban J connectivity index is 3.56. The van der Waals surface area contributed by atoms with E-state index < -0.39 is 7.56 Å². The van der Waals surface area contributed by atoms with E-state index in [1.165, 1.54) is 0 Å². The van der Waals surface area contributed by atoms with Crippen LogP contribution in [0.2, 0.25) is 0 Å². The SMILES string of the molecule is CP=N[P+](C)(C)N. The van der Waals surface area contributed by atoms with Gasteiger partial charge in [0.15, 0.2) is 7.56 Å². The molecule has 0 unspecified atom stereocenters. The molecule has 0 aliphatic carbocycles.